The molecule has 1 aromatic carbocycles. The molecule has 1 amide bonds. The zero-order valence-corrected chi connectivity index (χ0v) is 13.6. The van der Waals surface area contributed by atoms with E-state index in [2.05, 4.69) is 33.4 Å². The minimum Gasteiger partial charge on any atom is -0.318 e. The molecule has 1 saturated carbocycles. The molecule has 1 aliphatic carbocycles. The molecule has 1 N–H and O–H groups in total. The predicted molar refractivity (Wildman–Crippen MR) is 92.2 cm³/mol. The van der Waals surface area contributed by atoms with E-state index < -0.39 is 0 Å². The number of hydrogen-bond donors (Lipinski definition) is 1. The van der Waals surface area contributed by atoms with Gasteiger partial charge in [0.2, 0.25) is 0 Å². The lowest BCUT2D eigenvalue weighted by Gasteiger charge is -2.47. The van der Waals surface area contributed by atoms with Crippen molar-refractivity contribution in [1.29, 1.82) is 0 Å². The van der Waals surface area contributed by atoms with Gasteiger partial charge in [0.1, 0.15) is 0 Å². The molecule has 3 aliphatic heterocycles. The van der Waals surface area contributed by atoms with Gasteiger partial charge >= 0.3 is 0 Å². The van der Waals surface area contributed by atoms with Gasteiger partial charge < -0.3 is 4.90 Å². The van der Waals surface area contributed by atoms with E-state index >= 15 is 0 Å². The number of carbonyl (C=O) groups excluding carboxylic acids is 1. The van der Waals surface area contributed by atoms with E-state index in [0.29, 0.717) is 12.0 Å². The monoisotopic (exact) mass is 319 g/mol. The molecule has 2 saturated heterocycles. The topological polar surface area (TPSA) is 45.2 Å². The van der Waals surface area contributed by atoms with E-state index in [1.807, 2.05) is 12.1 Å². The molecule has 3 fully saturated rings. The van der Waals surface area contributed by atoms with E-state index in [1.54, 1.807) is 12.4 Å². The van der Waals surface area contributed by atoms with Crippen molar-refractivity contribution in [1.82, 2.24) is 15.2 Å². The zero-order chi connectivity index (χ0) is 16.1. The maximum Gasteiger partial charge on any atom is 0.256 e. The maximum absolute atomic E-state index is 13.2. The number of benzene rings is 1. The molecule has 2 aromatic rings. The van der Waals surface area contributed by atoms with E-state index in [0.717, 1.165) is 28.8 Å². The third kappa shape index (κ3) is 2.09. The molecule has 24 heavy (non-hydrogen) atoms. The average molecular weight is 319 g/mol. The van der Waals surface area contributed by atoms with Gasteiger partial charge in [0, 0.05) is 25.0 Å². The van der Waals surface area contributed by atoms with Crippen molar-refractivity contribution in [3.05, 3.63) is 53.9 Å². The molecule has 1 atom stereocenters. The van der Waals surface area contributed by atoms with Gasteiger partial charge in [0.25, 0.3) is 5.91 Å². The lowest BCUT2D eigenvalue weighted by Crippen LogP contribution is -2.60. The van der Waals surface area contributed by atoms with Gasteiger partial charge in [-0.15, -0.1) is 0 Å². The molecule has 2 bridgehead atoms. The summed E-state index contributed by atoms with van der Waals surface area (Å²) in [5, 5.41) is 3.71. The fraction of sp³-hybridized carbons (Fsp3) is 0.400. The first-order valence-electron chi connectivity index (χ1n) is 8.90. The van der Waals surface area contributed by atoms with Crippen molar-refractivity contribution in [2.45, 2.75) is 44.4 Å². The Balaban J connectivity index is 1.52. The Morgan fingerprint density at radius 1 is 1.04 bits per heavy atom. The molecule has 4 heterocycles. The summed E-state index contributed by atoms with van der Waals surface area (Å²) in [5.41, 5.74) is 4.13. The third-order valence-corrected chi connectivity index (χ3v) is 5.92. The van der Waals surface area contributed by atoms with Crippen LogP contribution in [0.2, 0.25) is 0 Å². The predicted octanol–water partition coefficient (Wildman–Crippen LogP) is 3.19. The minimum atomic E-state index is 0.183. The van der Waals surface area contributed by atoms with Gasteiger partial charge in [-0.3, -0.25) is 15.1 Å². The van der Waals surface area contributed by atoms with Gasteiger partial charge in [-0.05, 0) is 60.4 Å². The summed E-state index contributed by atoms with van der Waals surface area (Å²) in [7, 11) is 0. The minimum absolute atomic E-state index is 0.183. The van der Waals surface area contributed by atoms with E-state index in [4.69, 9.17) is 0 Å². The number of carbonyl (C=O) groups is 1. The number of pyridine rings is 1. The van der Waals surface area contributed by atoms with E-state index in [9.17, 15) is 4.79 Å². The SMILES string of the molecule is O=C1c2c(cccc2-c2ccncc2)CN1C1NC2CCC1CC2. The van der Waals surface area contributed by atoms with E-state index in [1.165, 1.54) is 25.7 Å². The van der Waals surface area contributed by atoms with Crippen LogP contribution < -0.4 is 5.32 Å². The summed E-state index contributed by atoms with van der Waals surface area (Å²) in [6.45, 7) is 0.730. The van der Waals surface area contributed by atoms with Crippen LogP contribution in [-0.2, 0) is 6.54 Å². The van der Waals surface area contributed by atoms with Gasteiger partial charge in [0.15, 0.2) is 0 Å². The number of rotatable bonds is 2. The Morgan fingerprint density at radius 2 is 1.83 bits per heavy atom. The fourth-order valence-corrected chi connectivity index (χ4v) is 4.70. The van der Waals surface area contributed by atoms with Crippen LogP contribution >= 0.6 is 0 Å². The van der Waals surface area contributed by atoms with Crippen LogP contribution in [0.5, 0.6) is 0 Å². The summed E-state index contributed by atoms with van der Waals surface area (Å²) in [6.07, 6.45) is 8.81. The van der Waals surface area contributed by atoms with Crippen LogP contribution in [0.1, 0.15) is 41.6 Å². The Morgan fingerprint density at radius 3 is 2.54 bits per heavy atom. The second-order valence-electron chi connectivity index (χ2n) is 7.23. The van der Waals surface area contributed by atoms with Crippen LogP contribution in [0.4, 0.5) is 0 Å². The van der Waals surface area contributed by atoms with Crippen LogP contribution in [0.3, 0.4) is 0 Å². The molecular formula is C20H21N3O. The molecular weight excluding hydrogens is 298 g/mol. The highest BCUT2D eigenvalue weighted by Gasteiger charge is 2.43. The average Bonchev–Trinajstić information content (AvgIpc) is 3.00. The fourth-order valence-electron chi connectivity index (χ4n) is 4.70. The largest absolute Gasteiger partial charge is 0.318 e. The Hall–Kier alpha value is -2.20. The van der Waals surface area contributed by atoms with Gasteiger partial charge in [-0.2, -0.15) is 0 Å². The standard InChI is InChI=1S/C20H21N3O/c24-20-18-15(2-1-3-17(18)13-8-10-21-11-9-13)12-23(20)19-14-4-6-16(22-19)7-5-14/h1-3,8-11,14,16,19,22H,4-7,12H2. The van der Waals surface area contributed by atoms with Crippen LogP contribution in [0, 0.1) is 5.92 Å². The Kier molecular flexibility index (Phi) is 3.20. The molecule has 4 nitrogen and oxygen atoms in total. The lowest BCUT2D eigenvalue weighted by molar-refractivity contribution is 0.0244. The summed E-state index contributed by atoms with van der Waals surface area (Å²) in [5.74, 6) is 0.792. The van der Waals surface area contributed by atoms with Crippen LogP contribution in [-0.4, -0.2) is 28.0 Å². The van der Waals surface area contributed by atoms with Crippen LogP contribution in [0.15, 0.2) is 42.7 Å². The Bertz CT molecular complexity index is 781. The molecule has 1 unspecified atom stereocenters. The molecule has 122 valence electrons. The van der Waals surface area contributed by atoms with Crippen molar-refractivity contribution in [3.63, 3.8) is 0 Å². The molecule has 0 spiro atoms. The smallest absolute Gasteiger partial charge is 0.256 e. The first-order valence-corrected chi connectivity index (χ1v) is 8.90. The quantitative estimate of drug-likeness (QED) is 0.924. The molecule has 4 aliphatic rings. The highest BCUT2D eigenvalue weighted by molar-refractivity contribution is 6.04. The third-order valence-electron chi connectivity index (χ3n) is 5.92. The number of amides is 1. The number of nitrogens with zero attached hydrogens (tertiary/aromatic N) is 2. The summed E-state index contributed by atoms with van der Waals surface area (Å²) in [4.78, 5) is 19.4. The summed E-state index contributed by atoms with van der Waals surface area (Å²) < 4.78 is 0. The zero-order valence-electron chi connectivity index (χ0n) is 13.6. The highest BCUT2D eigenvalue weighted by Crippen LogP contribution is 2.39. The van der Waals surface area contributed by atoms with Gasteiger partial charge in [0.05, 0.1) is 11.7 Å². The normalized spacial score (nSPS) is 28.2. The lowest BCUT2D eigenvalue weighted by atomic mass is 9.79. The van der Waals surface area contributed by atoms with Crippen LogP contribution in [0.25, 0.3) is 11.1 Å². The van der Waals surface area contributed by atoms with Gasteiger partial charge in [-0.1, -0.05) is 18.2 Å². The number of hydrogen-bond acceptors (Lipinski definition) is 3. The van der Waals surface area contributed by atoms with Crippen molar-refractivity contribution in [3.8, 4) is 11.1 Å². The number of piperidine rings is 2. The summed E-state index contributed by atoms with van der Waals surface area (Å²) >= 11 is 0. The van der Waals surface area contributed by atoms with Crippen molar-refractivity contribution in [2.75, 3.05) is 0 Å². The second kappa shape index (κ2) is 5.42. The van der Waals surface area contributed by atoms with E-state index in [-0.39, 0.29) is 12.1 Å². The van der Waals surface area contributed by atoms with Crippen molar-refractivity contribution >= 4 is 5.91 Å². The second-order valence-corrected chi connectivity index (χ2v) is 7.23. The van der Waals surface area contributed by atoms with Gasteiger partial charge in [-0.25, -0.2) is 0 Å². The Labute approximate surface area is 141 Å². The summed E-state index contributed by atoms with van der Waals surface area (Å²) in [6, 6.07) is 10.8. The maximum atomic E-state index is 13.2. The number of nitrogens with one attached hydrogen (secondary N) is 1. The number of aromatic nitrogens is 1. The molecule has 1 aromatic heterocycles. The molecule has 6 rings (SSSR count). The van der Waals surface area contributed by atoms with Crippen molar-refractivity contribution in [2.24, 2.45) is 5.92 Å². The highest BCUT2D eigenvalue weighted by atomic mass is 16.2. The van der Waals surface area contributed by atoms with Crippen molar-refractivity contribution < 1.29 is 4.79 Å². The molecule has 4 heteroatoms. The first kappa shape index (κ1) is 14.2. The first-order chi connectivity index (χ1) is 11.8. The molecule has 0 radical (unpaired) electrons. The number of fused-ring (bicyclic) bond motifs is 4.